The van der Waals surface area contributed by atoms with E-state index in [4.69, 9.17) is 0 Å². The Balaban J connectivity index is 1.71. The van der Waals surface area contributed by atoms with Crippen LogP contribution in [0.4, 0.5) is 5.69 Å². The van der Waals surface area contributed by atoms with Crippen molar-refractivity contribution in [3.05, 3.63) is 65.7 Å². The van der Waals surface area contributed by atoms with E-state index in [1.807, 2.05) is 6.07 Å². The van der Waals surface area contributed by atoms with E-state index < -0.39 is 11.9 Å². The molecule has 6 nitrogen and oxygen atoms in total. The summed E-state index contributed by atoms with van der Waals surface area (Å²) >= 11 is 0. The van der Waals surface area contributed by atoms with Crippen molar-refractivity contribution in [1.82, 2.24) is 4.90 Å². The van der Waals surface area contributed by atoms with Crippen LogP contribution in [-0.4, -0.2) is 40.9 Å². The molecule has 6 heteroatoms. The molecule has 2 amide bonds. The van der Waals surface area contributed by atoms with Gasteiger partial charge in [0.15, 0.2) is 0 Å². The van der Waals surface area contributed by atoms with Gasteiger partial charge in [-0.1, -0.05) is 24.3 Å². The van der Waals surface area contributed by atoms with Crippen molar-refractivity contribution in [3.63, 3.8) is 0 Å². The summed E-state index contributed by atoms with van der Waals surface area (Å²) in [4.78, 5) is 37.7. The number of aliphatic carboxylic acids is 1. The van der Waals surface area contributed by atoms with Gasteiger partial charge < -0.3 is 15.3 Å². The second kappa shape index (κ2) is 7.82. The van der Waals surface area contributed by atoms with E-state index in [-0.39, 0.29) is 18.4 Å². The number of piperidine rings is 1. The van der Waals surface area contributed by atoms with Gasteiger partial charge in [0.1, 0.15) is 0 Å². The van der Waals surface area contributed by atoms with E-state index in [1.165, 1.54) is 0 Å². The lowest BCUT2D eigenvalue weighted by atomic mass is 9.97. The van der Waals surface area contributed by atoms with Crippen LogP contribution in [0.2, 0.25) is 0 Å². The first-order valence-corrected chi connectivity index (χ1v) is 8.53. The number of nitrogens with zero attached hydrogens (tertiary/aromatic N) is 1. The highest BCUT2D eigenvalue weighted by Crippen LogP contribution is 2.20. The highest BCUT2D eigenvalue weighted by atomic mass is 16.4. The van der Waals surface area contributed by atoms with Gasteiger partial charge in [-0.15, -0.1) is 0 Å². The number of carbonyl (C=O) groups excluding carboxylic acids is 2. The van der Waals surface area contributed by atoms with Crippen molar-refractivity contribution in [2.75, 3.05) is 18.4 Å². The SMILES string of the molecule is O=C(Nc1cccc(C(=O)N2CCC[C@@H](C(=O)O)C2)c1)c1ccccc1. The fraction of sp³-hybridized carbons (Fsp3) is 0.250. The Kier molecular flexibility index (Phi) is 5.31. The van der Waals surface area contributed by atoms with E-state index in [0.717, 1.165) is 0 Å². The highest BCUT2D eigenvalue weighted by molar-refractivity contribution is 6.05. The first kappa shape index (κ1) is 17.7. The fourth-order valence-corrected chi connectivity index (χ4v) is 3.07. The lowest BCUT2D eigenvalue weighted by molar-refractivity contribution is -0.143. The van der Waals surface area contributed by atoms with Gasteiger partial charge in [-0.3, -0.25) is 14.4 Å². The number of nitrogens with one attached hydrogen (secondary N) is 1. The van der Waals surface area contributed by atoms with Crippen LogP contribution in [0.5, 0.6) is 0 Å². The van der Waals surface area contributed by atoms with E-state index in [2.05, 4.69) is 5.32 Å². The van der Waals surface area contributed by atoms with Crippen LogP contribution < -0.4 is 5.32 Å². The average Bonchev–Trinajstić information content (AvgIpc) is 2.68. The molecule has 0 bridgehead atoms. The Hall–Kier alpha value is -3.15. The average molecular weight is 352 g/mol. The third-order valence-electron chi connectivity index (χ3n) is 4.46. The van der Waals surface area contributed by atoms with Gasteiger partial charge >= 0.3 is 5.97 Å². The predicted octanol–water partition coefficient (Wildman–Crippen LogP) is 2.88. The molecule has 26 heavy (non-hydrogen) atoms. The zero-order valence-electron chi connectivity index (χ0n) is 14.2. The maximum Gasteiger partial charge on any atom is 0.308 e. The Bertz CT molecular complexity index is 820. The normalized spacial score (nSPS) is 16.8. The van der Waals surface area contributed by atoms with Gasteiger partial charge in [0.2, 0.25) is 0 Å². The van der Waals surface area contributed by atoms with Gasteiger partial charge in [-0.2, -0.15) is 0 Å². The first-order valence-electron chi connectivity index (χ1n) is 8.53. The number of carbonyl (C=O) groups is 3. The molecule has 1 heterocycles. The van der Waals surface area contributed by atoms with E-state index in [9.17, 15) is 19.5 Å². The summed E-state index contributed by atoms with van der Waals surface area (Å²) in [7, 11) is 0. The molecule has 3 rings (SSSR count). The summed E-state index contributed by atoms with van der Waals surface area (Å²) in [5.41, 5.74) is 1.49. The number of amides is 2. The molecule has 0 saturated carbocycles. The molecule has 2 N–H and O–H groups in total. The summed E-state index contributed by atoms with van der Waals surface area (Å²) in [6.45, 7) is 0.762. The maximum absolute atomic E-state index is 12.7. The standard InChI is InChI=1S/C20H20N2O4/c23-18(14-6-2-1-3-7-14)21-17-10-4-8-15(12-17)19(24)22-11-5-9-16(13-22)20(25)26/h1-4,6-8,10,12,16H,5,9,11,13H2,(H,21,23)(H,25,26)/t16-/m1/s1. The van der Waals surface area contributed by atoms with Crippen LogP contribution in [0.3, 0.4) is 0 Å². The zero-order valence-corrected chi connectivity index (χ0v) is 14.2. The van der Waals surface area contributed by atoms with Gasteiger partial charge in [-0.25, -0.2) is 0 Å². The molecule has 1 aliphatic heterocycles. The summed E-state index contributed by atoms with van der Waals surface area (Å²) in [5, 5.41) is 12.0. The highest BCUT2D eigenvalue weighted by Gasteiger charge is 2.28. The molecular weight excluding hydrogens is 332 g/mol. The molecule has 1 atom stereocenters. The number of carboxylic acids is 1. The number of rotatable bonds is 4. The topological polar surface area (TPSA) is 86.7 Å². The summed E-state index contributed by atoms with van der Waals surface area (Å²) in [6, 6.07) is 15.5. The molecule has 0 aromatic heterocycles. The minimum absolute atomic E-state index is 0.216. The predicted molar refractivity (Wildman–Crippen MR) is 97.1 cm³/mol. The van der Waals surface area contributed by atoms with Crippen molar-refractivity contribution >= 4 is 23.5 Å². The largest absolute Gasteiger partial charge is 0.481 e. The van der Waals surface area contributed by atoms with Crippen molar-refractivity contribution in [1.29, 1.82) is 0 Å². The number of carboxylic acid groups (broad SMARTS) is 1. The monoisotopic (exact) mass is 352 g/mol. The number of hydrogen-bond donors (Lipinski definition) is 2. The third-order valence-corrected chi connectivity index (χ3v) is 4.46. The van der Waals surface area contributed by atoms with Crippen LogP contribution >= 0.6 is 0 Å². The van der Waals surface area contributed by atoms with Crippen LogP contribution in [-0.2, 0) is 4.79 Å². The smallest absolute Gasteiger partial charge is 0.308 e. The number of hydrogen-bond acceptors (Lipinski definition) is 3. The molecule has 134 valence electrons. The second-order valence-electron chi connectivity index (χ2n) is 6.33. The van der Waals surface area contributed by atoms with Crippen molar-refractivity contribution < 1.29 is 19.5 Å². The van der Waals surface area contributed by atoms with Crippen LogP contribution in [0.1, 0.15) is 33.6 Å². The third kappa shape index (κ3) is 4.08. The summed E-state index contributed by atoms with van der Waals surface area (Å²) in [6.07, 6.45) is 1.26. The Morgan fingerprint density at radius 2 is 1.73 bits per heavy atom. The molecule has 1 aliphatic rings. The quantitative estimate of drug-likeness (QED) is 0.886. The lowest BCUT2D eigenvalue weighted by Gasteiger charge is -2.30. The van der Waals surface area contributed by atoms with Crippen molar-refractivity contribution in [2.24, 2.45) is 5.92 Å². The van der Waals surface area contributed by atoms with Crippen LogP contribution in [0, 0.1) is 5.92 Å². The van der Waals surface area contributed by atoms with Gasteiger partial charge in [0.25, 0.3) is 11.8 Å². The van der Waals surface area contributed by atoms with Gasteiger partial charge in [0.05, 0.1) is 5.92 Å². The molecular formula is C20H20N2O4. The van der Waals surface area contributed by atoms with Crippen molar-refractivity contribution in [2.45, 2.75) is 12.8 Å². The minimum Gasteiger partial charge on any atom is -0.481 e. The molecule has 0 unspecified atom stereocenters. The van der Waals surface area contributed by atoms with Gasteiger partial charge in [0, 0.05) is 29.9 Å². The van der Waals surface area contributed by atoms with Crippen LogP contribution in [0.15, 0.2) is 54.6 Å². The molecule has 1 saturated heterocycles. The Labute approximate surface area is 151 Å². The molecule has 0 aliphatic carbocycles. The lowest BCUT2D eigenvalue weighted by Crippen LogP contribution is -2.42. The molecule has 0 spiro atoms. The summed E-state index contributed by atoms with van der Waals surface area (Å²) < 4.78 is 0. The van der Waals surface area contributed by atoms with E-state index >= 15 is 0 Å². The zero-order chi connectivity index (χ0) is 18.5. The number of likely N-dealkylation sites (tertiary alicyclic amines) is 1. The first-order chi connectivity index (χ1) is 12.5. The molecule has 0 radical (unpaired) electrons. The fourth-order valence-electron chi connectivity index (χ4n) is 3.07. The minimum atomic E-state index is -0.869. The van der Waals surface area contributed by atoms with Gasteiger partial charge in [-0.05, 0) is 43.2 Å². The van der Waals surface area contributed by atoms with Crippen molar-refractivity contribution in [3.8, 4) is 0 Å². The number of anilines is 1. The Morgan fingerprint density at radius 1 is 1.00 bits per heavy atom. The summed E-state index contributed by atoms with van der Waals surface area (Å²) in [5.74, 6) is -1.86. The maximum atomic E-state index is 12.7. The van der Waals surface area contributed by atoms with E-state index in [1.54, 1.807) is 53.4 Å². The van der Waals surface area contributed by atoms with E-state index in [0.29, 0.717) is 36.2 Å². The molecule has 2 aromatic carbocycles. The molecule has 1 fully saturated rings. The second-order valence-corrected chi connectivity index (χ2v) is 6.33. The van der Waals surface area contributed by atoms with Crippen LogP contribution in [0.25, 0.3) is 0 Å². The Morgan fingerprint density at radius 3 is 2.46 bits per heavy atom. The number of benzene rings is 2. The molecule has 2 aromatic rings.